The number of H-pyrrole nitrogens is 1. The van der Waals surface area contributed by atoms with Gasteiger partial charge in [-0.05, 0) is 13.1 Å². The molecule has 0 unspecified atom stereocenters. The predicted molar refractivity (Wildman–Crippen MR) is 71.3 cm³/mol. The number of aliphatic hydroxyl groups is 1. The molecular formula is C11H21N3O4S. The summed E-state index contributed by atoms with van der Waals surface area (Å²) in [5.41, 5.74) is 0.470. The molecule has 0 bridgehead atoms. The quantitative estimate of drug-likeness (QED) is 0.563. The fraction of sp³-hybridized carbons (Fsp3) is 0.636. The van der Waals surface area contributed by atoms with E-state index in [0.29, 0.717) is 25.4 Å². The van der Waals surface area contributed by atoms with E-state index in [1.54, 1.807) is 7.11 Å². The van der Waals surface area contributed by atoms with Gasteiger partial charge in [-0.15, -0.1) is 0 Å². The third-order valence-electron chi connectivity index (χ3n) is 2.66. The average Bonchev–Trinajstić information content (AvgIpc) is 2.85. The minimum Gasteiger partial charge on any atom is -0.390 e. The van der Waals surface area contributed by atoms with Crippen LogP contribution in [0.15, 0.2) is 17.2 Å². The molecule has 0 atom stereocenters. The lowest BCUT2D eigenvalue weighted by Gasteiger charge is -2.15. The van der Waals surface area contributed by atoms with Crippen LogP contribution in [0.1, 0.15) is 5.69 Å². The first-order chi connectivity index (χ1) is 8.99. The predicted octanol–water partition coefficient (Wildman–Crippen LogP) is -0.636. The van der Waals surface area contributed by atoms with Gasteiger partial charge in [-0.2, -0.15) is 0 Å². The number of likely N-dealkylation sites (N-methyl/N-ethyl adjacent to an activating group) is 1. The van der Waals surface area contributed by atoms with E-state index in [1.807, 2.05) is 11.9 Å². The lowest BCUT2D eigenvalue weighted by molar-refractivity contribution is 0.162. The SMILES string of the molecule is COCCN(C)CCNS(=O)(=O)c1c[nH]c(CO)c1. The number of nitrogens with one attached hydrogen (secondary N) is 2. The largest absolute Gasteiger partial charge is 0.390 e. The van der Waals surface area contributed by atoms with Crippen molar-refractivity contribution in [1.29, 1.82) is 0 Å². The van der Waals surface area contributed by atoms with E-state index in [9.17, 15) is 8.42 Å². The maximum atomic E-state index is 11.9. The summed E-state index contributed by atoms with van der Waals surface area (Å²) in [5, 5.41) is 8.88. The van der Waals surface area contributed by atoms with Gasteiger partial charge in [0.1, 0.15) is 0 Å². The topological polar surface area (TPSA) is 94.7 Å². The van der Waals surface area contributed by atoms with Crippen molar-refractivity contribution in [2.75, 3.05) is 40.4 Å². The van der Waals surface area contributed by atoms with Crippen LogP contribution in [0, 0.1) is 0 Å². The van der Waals surface area contributed by atoms with Crippen LogP contribution in [0.4, 0.5) is 0 Å². The molecule has 1 heterocycles. The number of ether oxygens (including phenoxy) is 1. The summed E-state index contributed by atoms with van der Waals surface area (Å²) in [7, 11) is 0.00651. The van der Waals surface area contributed by atoms with Crippen LogP contribution in [-0.4, -0.2) is 63.8 Å². The minimum atomic E-state index is -3.52. The van der Waals surface area contributed by atoms with Crippen molar-refractivity contribution in [1.82, 2.24) is 14.6 Å². The van der Waals surface area contributed by atoms with Gasteiger partial charge < -0.3 is 19.7 Å². The van der Waals surface area contributed by atoms with Gasteiger partial charge in [0.25, 0.3) is 0 Å². The van der Waals surface area contributed by atoms with Crippen molar-refractivity contribution >= 4 is 10.0 Å². The molecule has 7 nitrogen and oxygen atoms in total. The number of sulfonamides is 1. The van der Waals surface area contributed by atoms with E-state index < -0.39 is 10.0 Å². The first kappa shape index (κ1) is 16.1. The third kappa shape index (κ3) is 5.29. The Morgan fingerprint density at radius 1 is 1.47 bits per heavy atom. The highest BCUT2D eigenvalue weighted by Crippen LogP contribution is 2.10. The average molecular weight is 291 g/mol. The molecule has 1 aromatic heterocycles. The molecule has 0 aromatic carbocycles. The van der Waals surface area contributed by atoms with E-state index >= 15 is 0 Å². The monoisotopic (exact) mass is 291 g/mol. The van der Waals surface area contributed by atoms with Gasteiger partial charge in [-0.25, -0.2) is 13.1 Å². The summed E-state index contributed by atoms with van der Waals surface area (Å²) in [6.07, 6.45) is 1.36. The Balaban J connectivity index is 2.43. The van der Waals surface area contributed by atoms with Gasteiger partial charge >= 0.3 is 0 Å². The van der Waals surface area contributed by atoms with Crippen molar-refractivity contribution in [3.8, 4) is 0 Å². The summed E-state index contributed by atoms with van der Waals surface area (Å²) in [5.74, 6) is 0. The fourth-order valence-electron chi connectivity index (χ4n) is 1.48. The highest BCUT2D eigenvalue weighted by Gasteiger charge is 2.15. The number of hydrogen-bond donors (Lipinski definition) is 3. The van der Waals surface area contributed by atoms with Crippen LogP contribution in [0.3, 0.4) is 0 Å². The molecule has 1 aromatic rings. The second-order valence-electron chi connectivity index (χ2n) is 4.21. The standard InChI is InChI=1S/C11H21N3O4S/c1-14(5-6-18-2)4-3-13-19(16,17)11-7-10(9-15)12-8-11/h7-8,12-13,15H,3-6,9H2,1-2H3. The highest BCUT2D eigenvalue weighted by molar-refractivity contribution is 7.89. The molecule has 3 N–H and O–H groups in total. The first-order valence-electron chi connectivity index (χ1n) is 5.95. The van der Waals surface area contributed by atoms with Crippen molar-refractivity contribution in [3.63, 3.8) is 0 Å². The van der Waals surface area contributed by atoms with Crippen molar-refractivity contribution < 1.29 is 18.3 Å². The van der Waals surface area contributed by atoms with Crippen LogP contribution in [-0.2, 0) is 21.4 Å². The second kappa shape index (κ2) is 7.61. The minimum absolute atomic E-state index is 0.135. The van der Waals surface area contributed by atoms with Gasteiger partial charge in [0, 0.05) is 38.6 Å². The number of aromatic amines is 1. The van der Waals surface area contributed by atoms with Gasteiger partial charge in [0.2, 0.25) is 10.0 Å². The van der Waals surface area contributed by atoms with E-state index in [1.165, 1.54) is 12.3 Å². The van der Waals surface area contributed by atoms with Gasteiger partial charge in [-0.1, -0.05) is 0 Å². The van der Waals surface area contributed by atoms with Crippen LogP contribution in [0.5, 0.6) is 0 Å². The highest BCUT2D eigenvalue weighted by atomic mass is 32.2. The Morgan fingerprint density at radius 2 is 2.21 bits per heavy atom. The summed E-state index contributed by atoms with van der Waals surface area (Å²) in [6.45, 7) is 2.06. The summed E-state index contributed by atoms with van der Waals surface area (Å²) in [6, 6.07) is 1.41. The number of nitrogens with zero attached hydrogens (tertiary/aromatic N) is 1. The molecule has 8 heteroatoms. The zero-order valence-electron chi connectivity index (χ0n) is 11.2. The molecule has 0 saturated carbocycles. The van der Waals surface area contributed by atoms with E-state index in [2.05, 4.69) is 9.71 Å². The molecule has 0 fully saturated rings. The van der Waals surface area contributed by atoms with Crippen LogP contribution >= 0.6 is 0 Å². The Labute approximate surface area is 113 Å². The number of methoxy groups -OCH3 is 1. The van der Waals surface area contributed by atoms with Gasteiger partial charge in [0.15, 0.2) is 0 Å². The summed E-state index contributed by atoms with van der Waals surface area (Å²) in [4.78, 5) is 4.80. The Bertz CT molecular complexity index is 472. The molecule has 1 rings (SSSR count). The Hall–Kier alpha value is -0.930. The van der Waals surface area contributed by atoms with E-state index in [4.69, 9.17) is 9.84 Å². The fourth-order valence-corrected chi connectivity index (χ4v) is 2.52. The molecule has 0 aliphatic rings. The van der Waals surface area contributed by atoms with Crippen LogP contribution < -0.4 is 4.72 Å². The molecule has 0 radical (unpaired) electrons. The molecule has 0 aliphatic heterocycles. The number of hydrogen-bond acceptors (Lipinski definition) is 5. The zero-order valence-corrected chi connectivity index (χ0v) is 12.0. The molecule has 0 aliphatic carbocycles. The van der Waals surface area contributed by atoms with Crippen molar-refractivity contribution in [3.05, 3.63) is 18.0 Å². The summed E-state index contributed by atoms with van der Waals surface area (Å²) >= 11 is 0. The molecule has 0 amide bonds. The van der Waals surface area contributed by atoms with Crippen LogP contribution in [0.25, 0.3) is 0 Å². The van der Waals surface area contributed by atoms with E-state index in [-0.39, 0.29) is 11.5 Å². The smallest absolute Gasteiger partial charge is 0.242 e. The van der Waals surface area contributed by atoms with Gasteiger partial charge in [0.05, 0.1) is 18.1 Å². The normalized spacial score (nSPS) is 12.2. The third-order valence-corrected chi connectivity index (χ3v) is 4.10. The number of aromatic nitrogens is 1. The lowest BCUT2D eigenvalue weighted by atomic mass is 10.5. The molecular weight excluding hydrogens is 270 g/mol. The maximum absolute atomic E-state index is 11.9. The second-order valence-corrected chi connectivity index (χ2v) is 5.98. The first-order valence-corrected chi connectivity index (χ1v) is 7.43. The molecule has 0 saturated heterocycles. The Kier molecular flexibility index (Phi) is 6.46. The molecule has 19 heavy (non-hydrogen) atoms. The van der Waals surface area contributed by atoms with E-state index in [0.717, 1.165) is 6.54 Å². The van der Waals surface area contributed by atoms with Crippen LogP contribution in [0.2, 0.25) is 0 Å². The van der Waals surface area contributed by atoms with Crippen molar-refractivity contribution in [2.24, 2.45) is 0 Å². The maximum Gasteiger partial charge on any atom is 0.242 e. The molecule has 110 valence electrons. The number of aliphatic hydroxyl groups excluding tert-OH is 1. The van der Waals surface area contributed by atoms with Gasteiger partial charge in [-0.3, -0.25) is 0 Å². The number of rotatable bonds is 9. The zero-order chi connectivity index (χ0) is 14.3. The Morgan fingerprint density at radius 3 is 2.79 bits per heavy atom. The molecule has 0 spiro atoms. The summed E-state index contributed by atoms with van der Waals surface area (Å²) < 4.78 is 31.2. The lowest BCUT2D eigenvalue weighted by Crippen LogP contribution is -2.34. The van der Waals surface area contributed by atoms with Crippen molar-refractivity contribution in [2.45, 2.75) is 11.5 Å².